The minimum absolute atomic E-state index is 0.0586. The Labute approximate surface area is 137 Å². The van der Waals surface area contributed by atoms with Crippen LogP contribution in [0, 0.1) is 5.92 Å². The van der Waals surface area contributed by atoms with E-state index in [1.54, 1.807) is 0 Å². The predicted molar refractivity (Wildman–Crippen MR) is 80.1 cm³/mol. The lowest BCUT2D eigenvalue weighted by Gasteiger charge is -2.39. The van der Waals surface area contributed by atoms with Gasteiger partial charge in [-0.25, -0.2) is 4.79 Å². The number of fused-ring (bicyclic) bond motifs is 4. The first kappa shape index (κ1) is 15.2. The highest BCUT2D eigenvalue weighted by molar-refractivity contribution is 6.25. The Balaban J connectivity index is 1.85. The molecule has 0 aromatic carbocycles. The SMILES string of the molecule is CO[C@@]12[C@@H](COC(N)=O)C3=C(C(=O)C(C)=C(N)C3=O)N1C[C@@H]1N[C@@H]12. The fraction of sp³-hybridized carbons (Fsp3) is 0.533. The van der Waals surface area contributed by atoms with E-state index in [1.807, 2.05) is 4.90 Å². The molecule has 5 N–H and O–H groups in total. The number of carbonyl (C=O) groups excluding carboxylic acids is 3. The second kappa shape index (κ2) is 4.58. The fourth-order valence-electron chi connectivity index (χ4n) is 4.31. The number of piperazine rings is 1. The summed E-state index contributed by atoms with van der Waals surface area (Å²) in [6.45, 7) is 1.92. The molecule has 1 aliphatic carbocycles. The highest BCUT2D eigenvalue weighted by Crippen LogP contribution is 2.55. The number of amides is 1. The number of nitrogens with zero attached hydrogens (tertiary/aromatic N) is 1. The number of primary amides is 1. The summed E-state index contributed by atoms with van der Waals surface area (Å²) in [6, 6.07) is 0.109. The molecule has 4 aliphatic rings. The quantitative estimate of drug-likeness (QED) is 0.411. The molecule has 1 amide bonds. The van der Waals surface area contributed by atoms with Crippen LogP contribution in [-0.2, 0) is 19.1 Å². The van der Waals surface area contributed by atoms with Crippen molar-refractivity contribution in [1.82, 2.24) is 10.2 Å². The van der Waals surface area contributed by atoms with E-state index >= 15 is 0 Å². The Bertz CT molecular complexity index is 757. The summed E-state index contributed by atoms with van der Waals surface area (Å²) in [6.07, 6.45) is -0.950. The lowest BCUT2D eigenvalue weighted by molar-refractivity contribution is -0.137. The van der Waals surface area contributed by atoms with Crippen molar-refractivity contribution in [2.45, 2.75) is 24.7 Å². The zero-order valence-electron chi connectivity index (χ0n) is 13.3. The first-order valence-corrected chi connectivity index (χ1v) is 7.65. The van der Waals surface area contributed by atoms with Gasteiger partial charge in [0.15, 0.2) is 5.72 Å². The third-order valence-corrected chi connectivity index (χ3v) is 5.47. The van der Waals surface area contributed by atoms with Gasteiger partial charge in [-0.2, -0.15) is 0 Å². The molecule has 2 fully saturated rings. The number of carbonyl (C=O) groups is 3. The van der Waals surface area contributed by atoms with E-state index in [0.717, 1.165) is 0 Å². The van der Waals surface area contributed by atoms with Gasteiger partial charge < -0.3 is 31.2 Å². The van der Waals surface area contributed by atoms with Gasteiger partial charge >= 0.3 is 6.09 Å². The summed E-state index contributed by atoms with van der Waals surface area (Å²) in [7, 11) is 1.52. The highest BCUT2D eigenvalue weighted by Gasteiger charge is 2.72. The molecule has 0 radical (unpaired) electrons. The Morgan fingerprint density at radius 3 is 2.75 bits per heavy atom. The van der Waals surface area contributed by atoms with Crippen LogP contribution in [0.1, 0.15) is 6.92 Å². The molecule has 0 unspecified atom stereocenters. The molecule has 0 spiro atoms. The maximum Gasteiger partial charge on any atom is 0.404 e. The van der Waals surface area contributed by atoms with Crippen LogP contribution in [-0.4, -0.2) is 60.6 Å². The van der Waals surface area contributed by atoms with Crippen molar-refractivity contribution in [3.8, 4) is 0 Å². The molecule has 2 saturated heterocycles. The van der Waals surface area contributed by atoms with Crippen LogP contribution in [0.4, 0.5) is 4.79 Å². The van der Waals surface area contributed by atoms with Crippen molar-refractivity contribution < 1.29 is 23.9 Å². The monoisotopic (exact) mass is 334 g/mol. The normalized spacial score (nSPS) is 36.8. The second-order valence-corrected chi connectivity index (χ2v) is 6.46. The van der Waals surface area contributed by atoms with Crippen molar-refractivity contribution in [1.29, 1.82) is 0 Å². The van der Waals surface area contributed by atoms with Gasteiger partial charge in [0.05, 0.1) is 23.4 Å². The first-order valence-electron chi connectivity index (χ1n) is 7.65. The maximum atomic E-state index is 12.8. The molecule has 0 aromatic rings. The van der Waals surface area contributed by atoms with E-state index in [1.165, 1.54) is 14.0 Å². The van der Waals surface area contributed by atoms with Gasteiger partial charge in [-0.15, -0.1) is 0 Å². The second-order valence-electron chi connectivity index (χ2n) is 6.46. The standard InChI is InChI=1S/C15H18N4O5/c1-5-9(16)12(21)8-6(4-24-14(17)22)15(23-2)13-7(18-13)3-19(15)10(8)11(5)20/h6-7,13,18H,3-4,16H2,1-2H3,(H2,17,22)/t6-,7-,13-,15+/m0/s1. The maximum absolute atomic E-state index is 12.8. The van der Waals surface area contributed by atoms with Gasteiger partial charge in [-0.1, -0.05) is 0 Å². The van der Waals surface area contributed by atoms with Crippen LogP contribution in [0.2, 0.25) is 0 Å². The number of methoxy groups -OCH3 is 1. The number of nitrogens with one attached hydrogen (secondary N) is 1. The number of nitrogens with two attached hydrogens (primary N) is 2. The van der Waals surface area contributed by atoms with Crippen LogP contribution in [0.5, 0.6) is 0 Å². The van der Waals surface area contributed by atoms with E-state index in [-0.39, 0.29) is 41.3 Å². The Morgan fingerprint density at radius 2 is 2.12 bits per heavy atom. The molecule has 4 rings (SSSR count). The zero-order chi connectivity index (χ0) is 17.4. The number of ketones is 2. The molecule has 128 valence electrons. The van der Waals surface area contributed by atoms with Crippen molar-refractivity contribution in [2.24, 2.45) is 17.4 Å². The summed E-state index contributed by atoms with van der Waals surface area (Å²) in [5, 5.41) is 3.28. The van der Waals surface area contributed by atoms with Crippen molar-refractivity contribution >= 4 is 17.7 Å². The number of ether oxygens (including phenoxy) is 2. The third kappa shape index (κ3) is 1.58. The van der Waals surface area contributed by atoms with E-state index in [9.17, 15) is 14.4 Å². The molecule has 24 heavy (non-hydrogen) atoms. The Morgan fingerprint density at radius 1 is 1.42 bits per heavy atom. The van der Waals surface area contributed by atoms with Crippen LogP contribution in [0.3, 0.4) is 0 Å². The van der Waals surface area contributed by atoms with Gasteiger partial charge in [0.25, 0.3) is 0 Å². The summed E-state index contributed by atoms with van der Waals surface area (Å²) >= 11 is 0. The van der Waals surface area contributed by atoms with Gasteiger partial charge in [-0.3, -0.25) is 9.59 Å². The van der Waals surface area contributed by atoms with Crippen LogP contribution in [0.25, 0.3) is 0 Å². The van der Waals surface area contributed by atoms with Crippen LogP contribution in [0.15, 0.2) is 22.5 Å². The number of hydrogen-bond donors (Lipinski definition) is 3. The predicted octanol–water partition coefficient (Wildman–Crippen LogP) is -1.65. The fourth-order valence-corrected chi connectivity index (χ4v) is 4.31. The molecule has 9 heteroatoms. The third-order valence-electron chi connectivity index (χ3n) is 5.47. The molecular formula is C15H18N4O5. The lowest BCUT2D eigenvalue weighted by Crippen LogP contribution is -2.55. The molecular weight excluding hydrogens is 316 g/mol. The molecule has 0 aromatic heterocycles. The molecule has 9 nitrogen and oxygen atoms in total. The van der Waals surface area contributed by atoms with Gasteiger partial charge in [-0.05, 0) is 6.92 Å². The van der Waals surface area contributed by atoms with E-state index in [0.29, 0.717) is 12.2 Å². The first-order chi connectivity index (χ1) is 11.3. The number of hydrogen-bond acceptors (Lipinski definition) is 8. The Kier molecular flexibility index (Phi) is 2.89. The zero-order valence-corrected chi connectivity index (χ0v) is 13.3. The number of allylic oxidation sites excluding steroid dienone is 2. The summed E-state index contributed by atoms with van der Waals surface area (Å²) in [4.78, 5) is 38.4. The minimum Gasteiger partial charge on any atom is -0.449 e. The molecule has 4 atom stereocenters. The lowest BCUT2D eigenvalue weighted by atomic mass is 9.82. The average Bonchev–Trinajstić information content (AvgIpc) is 3.16. The molecule has 0 saturated carbocycles. The molecule has 0 bridgehead atoms. The van der Waals surface area contributed by atoms with Gasteiger partial charge in [0, 0.05) is 30.8 Å². The van der Waals surface area contributed by atoms with E-state index in [2.05, 4.69) is 5.32 Å². The highest BCUT2D eigenvalue weighted by atomic mass is 16.6. The van der Waals surface area contributed by atoms with Crippen LogP contribution >= 0.6 is 0 Å². The Hall–Kier alpha value is -2.39. The average molecular weight is 334 g/mol. The smallest absolute Gasteiger partial charge is 0.404 e. The minimum atomic E-state index is -0.957. The summed E-state index contributed by atoms with van der Waals surface area (Å²) in [5.74, 6) is -1.34. The van der Waals surface area contributed by atoms with Crippen molar-refractivity contribution in [3.05, 3.63) is 22.5 Å². The number of Topliss-reactive ketones (excluding diaryl/α,β-unsaturated/α-hetero) is 2. The summed E-state index contributed by atoms with van der Waals surface area (Å²) < 4.78 is 10.8. The van der Waals surface area contributed by atoms with Gasteiger partial charge in [0.1, 0.15) is 6.61 Å². The molecule has 3 aliphatic heterocycles. The van der Waals surface area contributed by atoms with Crippen LogP contribution < -0.4 is 16.8 Å². The molecule has 3 heterocycles. The van der Waals surface area contributed by atoms with Crippen molar-refractivity contribution in [3.63, 3.8) is 0 Å². The van der Waals surface area contributed by atoms with Crippen molar-refractivity contribution in [2.75, 3.05) is 20.3 Å². The van der Waals surface area contributed by atoms with E-state index in [4.69, 9.17) is 20.9 Å². The summed E-state index contributed by atoms with van der Waals surface area (Å²) in [5.41, 5.74) is 10.7. The topological polar surface area (TPSA) is 147 Å². The van der Waals surface area contributed by atoms with E-state index < -0.39 is 23.5 Å². The largest absolute Gasteiger partial charge is 0.449 e. The van der Waals surface area contributed by atoms with Gasteiger partial charge in [0.2, 0.25) is 11.6 Å². The number of rotatable bonds is 3.